The zero-order valence-corrected chi connectivity index (χ0v) is 11.6. The molecule has 100 valence electrons. The molecule has 2 aromatic carbocycles. The number of aromatic hydroxyl groups is 2. The third kappa shape index (κ3) is 2.93. The van der Waals surface area contributed by atoms with Gasteiger partial charge >= 0.3 is 0 Å². The molecule has 2 aromatic rings. The van der Waals surface area contributed by atoms with Crippen molar-refractivity contribution in [2.75, 3.05) is 5.32 Å². The van der Waals surface area contributed by atoms with Crippen molar-refractivity contribution in [3.05, 3.63) is 52.5 Å². The lowest BCUT2D eigenvalue weighted by Crippen LogP contribution is -2.08. The van der Waals surface area contributed by atoms with E-state index in [9.17, 15) is 10.2 Å². The molecule has 0 fully saturated rings. The van der Waals surface area contributed by atoms with Gasteiger partial charge in [-0.1, -0.05) is 17.7 Å². The van der Waals surface area contributed by atoms with Crippen LogP contribution in [0.25, 0.3) is 0 Å². The third-order valence-electron chi connectivity index (χ3n) is 3.12. The minimum Gasteiger partial charge on any atom is -0.508 e. The van der Waals surface area contributed by atoms with Crippen LogP contribution in [0.2, 0.25) is 5.02 Å². The van der Waals surface area contributed by atoms with Crippen LogP contribution in [0.5, 0.6) is 11.5 Å². The summed E-state index contributed by atoms with van der Waals surface area (Å²) in [6, 6.07) is 9.96. The first-order valence-corrected chi connectivity index (χ1v) is 6.40. The van der Waals surface area contributed by atoms with Crippen molar-refractivity contribution in [1.29, 1.82) is 0 Å². The molecule has 1 unspecified atom stereocenters. The molecule has 19 heavy (non-hydrogen) atoms. The minimum absolute atomic E-state index is 0.129. The number of rotatable bonds is 3. The Hall–Kier alpha value is -1.87. The standard InChI is InChI=1S/C15H16ClNO2/c1-9-13(16)4-3-5-14(9)17-10(2)12-8-11(18)6-7-15(12)19/h3-8,10,17-19H,1-2H3. The van der Waals surface area contributed by atoms with Gasteiger partial charge in [0.05, 0.1) is 6.04 Å². The first-order chi connectivity index (χ1) is 8.99. The predicted molar refractivity (Wildman–Crippen MR) is 78.0 cm³/mol. The van der Waals surface area contributed by atoms with E-state index >= 15 is 0 Å². The zero-order valence-electron chi connectivity index (χ0n) is 10.8. The summed E-state index contributed by atoms with van der Waals surface area (Å²) in [6.45, 7) is 3.84. The summed E-state index contributed by atoms with van der Waals surface area (Å²) in [4.78, 5) is 0. The third-order valence-corrected chi connectivity index (χ3v) is 3.53. The van der Waals surface area contributed by atoms with E-state index in [4.69, 9.17) is 11.6 Å². The van der Waals surface area contributed by atoms with Gasteiger partial charge in [-0.3, -0.25) is 0 Å². The van der Waals surface area contributed by atoms with Crippen LogP contribution in [0.1, 0.15) is 24.1 Å². The number of nitrogens with one attached hydrogen (secondary N) is 1. The van der Waals surface area contributed by atoms with E-state index in [2.05, 4.69) is 5.32 Å². The second-order valence-corrected chi connectivity index (χ2v) is 4.93. The Morgan fingerprint density at radius 3 is 2.63 bits per heavy atom. The summed E-state index contributed by atoms with van der Waals surface area (Å²) in [6.07, 6.45) is 0. The van der Waals surface area contributed by atoms with Gasteiger partial charge in [0.25, 0.3) is 0 Å². The van der Waals surface area contributed by atoms with Gasteiger partial charge in [-0.05, 0) is 49.7 Å². The summed E-state index contributed by atoms with van der Waals surface area (Å²) in [5.41, 5.74) is 2.50. The van der Waals surface area contributed by atoms with Crippen molar-refractivity contribution in [2.45, 2.75) is 19.9 Å². The van der Waals surface area contributed by atoms with Crippen molar-refractivity contribution in [2.24, 2.45) is 0 Å². The Bertz CT molecular complexity index is 599. The Morgan fingerprint density at radius 2 is 1.89 bits per heavy atom. The number of phenols is 2. The molecule has 0 saturated carbocycles. The minimum atomic E-state index is -0.149. The van der Waals surface area contributed by atoms with E-state index in [1.54, 1.807) is 6.07 Å². The monoisotopic (exact) mass is 277 g/mol. The van der Waals surface area contributed by atoms with E-state index in [0.29, 0.717) is 10.6 Å². The molecule has 0 aliphatic heterocycles. The second kappa shape index (κ2) is 5.41. The molecule has 0 amide bonds. The van der Waals surface area contributed by atoms with Crippen LogP contribution in [0.3, 0.4) is 0 Å². The molecule has 0 bridgehead atoms. The summed E-state index contributed by atoms with van der Waals surface area (Å²) >= 11 is 6.07. The summed E-state index contributed by atoms with van der Waals surface area (Å²) in [7, 11) is 0. The van der Waals surface area contributed by atoms with Gasteiger partial charge in [-0.2, -0.15) is 0 Å². The molecular formula is C15H16ClNO2. The number of hydrogen-bond acceptors (Lipinski definition) is 3. The van der Waals surface area contributed by atoms with E-state index in [-0.39, 0.29) is 17.5 Å². The highest BCUT2D eigenvalue weighted by Crippen LogP contribution is 2.32. The Balaban J connectivity index is 2.28. The molecule has 0 spiro atoms. The quantitative estimate of drug-likeness (QED) is 0.736. The van der Waals surface area contributed by atoms with Crippen molar-refractivity contribution >= 4 is 17.3 Å². The first-order valence-electron chi connectivity index (χ1n) is 6.02. The zero-order chi connectivity index (χ0) is 14.0. The predicted octanol–water partition coefficient (Wildman–Crippen LogP) is 4.23. The van der Waals surface area contributed by atoms with Crippen LogP contribution in [-0.4, -0.2) is 10.2 Å². The Morgan fingerprint density at radius 1 is 1.16 bits per heavy atom. The van der Waals surface area contributed by atoms with E-state index in [1.807, 2.05) is 32.0 Å². The smallest absolute Gasteiger partial charge is 0.121 e. The van der Waals surface area contributed by atoms with Crippen molar-refractivity contribution in [1.82, 2.24) is 0 Å². The second-order valence-electron chi connectivity index (χ2n) is 4.52. The highest BCUT2D eigenvalue weighted by atomic mass is 35.5. The number of hydrogen-bond donors (Lipinski definition) is 3. The van der Waals surface area contributed by atoms with Gasteiger partial charge in [0, 0.05) is 16.3 Å². The summed E-state index contributed by atoms with van der Waals surface area (Å²) in [5.74, 6) is 0.279. The maximum Gasteiger partial charge on any atom is 0.121 e. The molecule has 1 atom stereocenters. The molecule has 2 rings (SSSR count). The Kier molecular flexibility index (Phi) is 3.86. The molecule has 4 heteroatoms. The number of anilines is 1. The SMILES string of the molecule is Cc1c(Cl)cccc1NC(C)c1cc(O)ccc1O. The van der Waals surface area contributed by atoms with Crippen molar-refractivity contribution < 1.29 is 10.2 Å². The lowest BCUT2D eigenvalue weighted by molar-refractivity contribution is 0.451. The highest BCUT2D eigenvalue weighted by Gasteiger charge is 2.12. The molecule has 0 saturated heterocycles. The van der Waals surface area contributed by atoms with Crippen molar-refractivity contribution in [3.8, 4) is 11.5 Å². The molecule has 0 radical (unpaired) electrons. The average molecular weight is 278 g/mol. The van der Waals surface area contributed by atoms with Gasteiger partial charge in [0.2, 0.25) is 0 Å². The maximum atomic E-state index is 9.83. The molecule has 0 aliphatic rings. The molecule has 0 heterocycles. The van der Waals surface area contributed by atoms with Gasteiger partial charge < -0.3 is 15.5 Å². The maximum absolute atomic E-state index is 9.83. The number of benzene rings is 2. The number of phenolic OH excluding ortho intramolecular Hbond substituents is 2. The van der Waals surface area contributed by atoms with Crippen LogP contribution in [0.15, 0.2) is 36.4 Å². The topological polar surface area (TPSA) is 52.5 Å². The fraction of sp³-hybridized carbons (Fsp3) is 0.200. The number of halogens is 1. The van der Waals surface area contributed by atoms with Gasteiger partial charge in [0.15, 0.2) is 0 Å². The van der Waals surface area contributed by atoms with Crippen molar-refractivity contribution in [3.63, 3.8) is 0 Å². The highest BCUT2D eigenvalue weighted by molar-refractivity contribution is 6.31. The molecule has 0 aliphatic carbocycles. The molecule has 3 nitrogen and oxygen atoms in total. The van der Waals surface area contributed by atoms with E-state index < -0.39 is 0 Å². The Labute approximate surface area is 117 Å². The average Bonchev–Trinajstić information content (AvgIpc) is 2.38. The molecule has 3 N–H and O–H groups in total. The van der Waals surface area contributed by atoms with E-state index in [0.717, 1.165) is 11.3 Å². The summed E-state index contributed by atoms with van der Waals surface area (Å²) < 4.78 is 0. The first kappa shape index (κ1) is 13.6. The van der Waals surface area contributed by atoms with Crippen LogP contribution in [-0.2, 0) is 0 Å². The van der Waals surface area contributed by atoms with Gasteiger partial charge in [-0.15, -0.1) is 0 Å². The molecular weight excluding hydrogens is 262 g/mol. The largest absolute Gasteiger partial charge is 0.508 e. The van der Waals surface area contributed by atoms with Crippen LogP contribution in [0.4, 0.5) is 5.69 Å². The fourth-order valence-electron chi connectivity index (χ4n) is 1.96. The fourth-order valence-corrected chi connectivity index (χ4v) is 2.14. The lowest BCUT2D eigenvalue weighted by atomic mass is 10.1. The van der Waals surface area contributed by atoms with Gasteiger partial charge in [0.1, 0.15) is 11.5 Å². The normalized spacial score (nSPS) is 12.2. The van der Waals surface area contributed by atoms with Gasteiger partial charge in [-0.25, -0.2) is 0 Å². The van der Waals surface area contributed by atoms with Crippen LogP contribution < -0.4 is 5.32 Å². The summed E-state index contributed by atoms with van der Waals surface area (Å²) in [5, 5.41) is 23.3. The van der Waals surface area contributed by atoms with Crippen LogP contribution >= 0.6 is 11.6 Å². The molecule has 0 aromatic heterocycles. The van der Waals surface area contributed by atoms with Crippen LogP contribution in [0, 0.1) is 6.92 Å². The lowest BCUT2D eigenvalue weighted by Gasteiger charge is -2.19. The van der Waals surface area contributed by atoms with E-state index in [1.165, 1.54) is 12.1 Å².